The van der Waals surface area contributed by atoms with Gasteiger partial charge in [-0.2, -0.15) is 10.2 Å². The molecular weight excluding hydrogens is 452 g/mol. The number of anilines is 1. The fourth-order valence-corrected chi connectivity index (χ4v) is 3.02. The zero-order valence-corrected chi connectivity index (χ0v) is 16.4. The number of carbonyl (C=O) groups excluding carboxylic acids is 1. The Labute approximate surface area is 166 Å². The Morgan fingerprint density at radius 3 is 2.64 bits per heavy atom. The topological polar surface area (TPSA) is 64.7 Å². The van der Waals surface area contributed by atoms with E-state index in [1.807, 2.05) is 6.07 Å². The first-order valence-electron chi connectivity index (χ1n) is 7.05. The second-order valence-corrected chi connectivity index (χ2v) is 7.28. The molecule has 2 heterocycles. The van der Waals surface area contributed by atoms with Crippen molar-refractivity contribution in [3.8, 4) is 0 Å². The second kappa shape index (κ2) is 7.78. The van der Waals surface area contributed by atoms with Crippen LogP contribution in [0.2, 0.25) is 15.1 Å². The number of benzene rings is 1. The van der Waals surface area contributed by atoms with Crippen molar-refractivity contribution in [1.82, 2.24) is 19.6 Å². The van der Waals surface area contributed by atoms with Gasteiger partial charge in [-0.1, -0.05) is 40.9 Å². The van der Waals surface area contributed by atoms with Gasteiger partial charge < -0.3 is 5.32 Å². The lowest BCUT2D eigenvalue weighted by atomic mass is 10.2. The van der Waals surface area contributed by atoms with Gasteiger partial charge in [0.05, 0.1) is 32.3 Å². The summed E-state index contributed by atoms with van der Waals surface area (Å²) in [6, 6.07) is 5.37. The minimum Gasteiger partial charge on any atom is -0.307 e. The van der Waals surface area contributed by atoms with E-state index in [2.05, 4.69) is 31.4 Å². The molecule has 0 aliphatic heterocycles. The lowest BCUT2D eigenvalue weighted by Crippen LogP contribution is -2.19. The van der Waals surface area contributed by atoms with Gasteiger partial charge in [0.25, 0.3) is 0 Å². The molecule has 0 saturated heterocycles. The van der Waals surface area contributed by atoms with Crippen LogP contribution in [0.25, 0.3) is 0 Å². The van der Waals surface area contributed by atoms with E-state index in [0.717, 1.165) is 5.56 Å². The Balaban J connectivity index is 1.67. The largest absolute Gasteiger partial charge is 0.307 e. The van der Waals surface area contributed by atoms with Crippen molar-refractivity contribution in [2.75, 3.05) is 5.32 Å². The monoisotopic (exact) mass is 461 g/mol. The van der Waals surface area contributed by atoms with E-state index in [-0.39, 0.29) is 12.5 Å². The molecule has 1 amide bonds. The van der Waals surface area contributed by atoms with Crippen molar-refractivity contribution in [2.45, 2.75) is 13.1 Å². The molecule has 6 nitrogen and oxygen atoms in total. The van der Waals surface area contributed by atoms with E-state index in [1.165, 1.54) is 10.9 Å². The normalized spacial score (nSPS) is 10.9. The smallest absolute Gasteiger partial charge is 0.247 e. The Morgan fingerprint density at radius 2 is 1.96 bits per heavy atom. The Kier molecular flexibility index (Phi) is 5.68. The molecule has 1 aromatic carbocycles. The van der Waals surface area contributed by atoms with E-state index < -0.39 is 0 Å². The molecule has 3 aromatic rings. The van der Waals surface area contributed by atoms with E-state index >= 15 is 0 Å². The molecule has 0 saturated carbocycles. The van der Waals surface area contributed by atoms with Gasteiger partial charge in [-0.05, 0) is 33.6 Å². The van der Waals surface area contributed by atoms with Crippen LogP contribution in [-0.4, -0.2) is 25.5 Å². The maximum absolute atomic E-state index is 12.1. The fraction of sp³-hybridized carbons (Fsp3) is 0.133. The predicted molar refractivity (Wildman–Crippen MR) is 101 cm³/mol. The van der Waals surface area contributed by atoms with Gasteiger partial charge in [0.1, 0.15) is 6.54 Å². The van der Waals surface area contributed by atoms with Crippen LogP contribution in [-0.2, 0) is 17.9 Å². The minimum absolute atomic E-state index is 0.0405. The highest BCUT2D eigenvalue weighted by Gasteiger charge is 2.12. The molecule has 25 heavy (non-hydrogen) atoms. The van der Waals surface area contributed by atoms with Gasteiger partial charge in [-0.25, -0.2) is 0 Å². The highest BCUT2D eigenvalue weighted by Crippen LogP contribution is 2.24. The number of carbonyl (C=O) groups is 1. The van der Waals surface area contributed by atoms with Crippen molar-refractivity contribution in [2.24, 2.45) is 0 Å². The van der Waals surface area contributed by atoms with Gasteiger partial charge >= 0.3 is 0 Å². The summed E-state index contributed by atoms with van der Waals surface area (Å²) in [6.07, 6.45) is 4.80. The average molecular weight is 464 g/mol. The highest BCUT2D eigenvalue weighted by molar-refractivity contribution is 9.10. The lowest BCUT2D eigenvalue weighted by Gasteiger charge is -2.04. The Morgan fingerprint density at radius 1 is 1.16 bits per heavy atom. The number of nitrogens with zero attached hydrogens (tertiary/aromatic N) is 4. The van der Waals surface area contributed by atoms with Crippen LogP contribution in [0.1, 0.15) is 5.56 Å². The third kappa shape index (κ3) is 4.76. The molecule has 0 radical (unpaired) electrons. The van der Waals surface area contributed by atoms with Gasteiger partial charge in [-0.15, -0.1) is 0 Å². The summed E-state index contributed by atoms with van der Waals surface area (Å²) in [5.41, 5.74) is 0.938. The number of amides is 1. The van der Waals surface area contributed by atoms with Crippen molar-refractivity contribution in [3.63, 3.8) is 0 Å². The lowest BCUT2D eigenvalue weighted by molar-refractivity contribution is -0.116. The Bertz CT molecular complexity index is 924. The summed E-state index contributed by atoms with van der Waals surface area (Å²) in [7, 11) is 0. The maximum Gasteiger partial charge on any atom is 0.247 e. The summed E-state index contributed by atoms with van der Waals surface area (Å²) >= 11 is 21.1. The van der Waals surface area contributed by atoms with Crippen LogP contribution in [0.3, 0.4) is 0 Å². The maximum atomic E-state index is 12.1. The van der Waals surface area contributed by atoms with Crippen LogP contribution in [0.4, 0.5) is 5.82 Å². The zero-order valence-electron chi connectivity index (χ0n) is 12.6. The molecular formula is C15H11BrCl3N5O. The minimum atomic E-state index is -0.264. The van der Waals surface area contributed by atoms with Crippen LogP contribution in [0, 0.1) is 0 Å². The van der Waals surface area contributed by atoms with Crippen molar-refractivity contribution in [3.05, 3.63) is 61.9 Å². The van der Waals surface area contributed by atoms with Gasteiger partial charge in [-0.3, -0.25) is 14.2 Å². The zero-order chi connectivity index (χ0) is 18.0. The standard InChI is InChI=1S/C15H11BrCl3N5O/c16-11-7-24(5-9-1-2-12(18)13(19)3-9)22-15(11)21-14(25)8-23-6-10(17)4-20-23/h1-4,6-7H,5,8H2,(H,21,22,25). The first-order chi connectivity index (χ1) is 11.9. The van der Waals surface area contributed by atoms with Crippen molar-refractivity contribution in [1.29, 1.82) is 0 Å². The molecule has 0 aliphatic rings. The fourth-order valence-electron chi connectivity index (χ4n) is 2.13. The average Bonchev–Trinajstić information content (AvgIpc) is 3.09. The Hall–Kier alpha value is -1.54. The van der Waals surface area contributed by atoms with Crippen LogP contribution in [0.15, 0.2) is 41.3 Å². The summed E-state index contributed by atoms with van der Waals surface area (Å²) < 4.78 is 3.79. The molecule has 0 atom stereocenters. The quantitative estimate of drug-likeness (QED) is 0.606. The van der Waals surface area contributed by atoms with E-state index in [0.29, 0.717) is 31.9 Å². The van der Waals surface area contributed by atoms with Gasteiger partial charge in [0.15, 0.2) is 5.82 Å². The van der Waals surface area contributed by atoms with Crippen molar-refractivity contribution < 1.29 is 4.79 Å². The van der Waals surface area contributed by atoms with E-state index in [9.17, 15) is 4.79 Å². The van der Waals surface area contributed by atoms with Crippen LogP contribution >= 0.6 is 50.7 Å². The van der Waals surface area contributed by atoms with E-state index in [4.69, 9.17) is 34.8 Å². The predicted octanol–water partition coefficient (Wildman–Crippen LogP) is 4.49. The molecule has 0 bridgehead atoms. The summed E-state index contributed by atoms with van der Waals surface area (Å²) in [4.78, 5) is 12.1. The van der Waals surface area contributed by atoms with E-state index in [1.54, 1.807) is 29.2 Å². The number of halogens is 4. The van der Waals surface area contributed by atoms with Gasteiger partial charge in [0.2, 0.25) is 5.91 Å². The number of hydrogen-bond acceptors (Lipinski definition) is 3. The molecule has 2 aromatic heterocycles. The summed E-state index contributed by atoms with van der Waals surface area (Å²) in [6.45, 7) is 0.527. The molecule has 10 heteroatoms. The van der Waals surface area contributed by atoms with Crippen LogP contribution in [0.5, 0.6) is 0 Å². The molecule has 3 rings (SSSR count). The first kappa shape index (κ1) is 18.3. The molecule has 0 spiro atoms. The second-order valence-electron chi connectivity index (χ2n) is 5.18. The van der Waals surface area contributed by atoms with Crippen LogP contribution < -0.4 is 5.32 Å². The molecule has 130 valence electrons. The number of rotatable bonds is 5. The SMILES string of the molecule is O=C(Cn1cc(Cl)cn1)Nc1nn(Cc2ccc(Cl)c(Cl)c2)cc1Br. The molecule has 1 N–H and O–H groups in total. The van der Waals surface area contributed by atoms with Crippen molar-refractivity contribution >= 4 is 62.5 Å². The molecule has 0 unspecified atom stereocenters. The molecule has 0 fully saturated rings. The number of hydrogen-bond donors (Lipinski definition) is 1. The van der Waals surface area contributed by atoms with Gasteiger partial charge in [0, 0.05) is 12.4 Å². The number of nitrogens with one attached hydrogen (secondary N) is 1. The summed E-state index contributed by atoms with van der Waals surface area (Å²) in [5, 5.41) is 12.5. The highest BCUT2D eigenvalue weighted by atomic mass is 79.9. The third-order valence-electron chi connectivity index (χ3n) is 3.21. The number of aromatic nitrogens is 4. The first-order valence-corrected chi connectivity index (χ1v) is 8.98. The summed E-state index contributed by atoms with van der Waals surface area (Å²) in [5.74, 6) is 0.156. The third-order valence-corrected chi connectivity index (χ3v) is 4.73. The molecule has 0 aliphatic carbocycles.